The molecule has 0 aliphatic rings. The standard InChI is InChI=1S/C13H6Br2ClF2NO/c14-8-2-1-6(16)3-7(8)13(20)19-12-5-10(17)9(15)4-11(12)18/h1-5H,(H,19,20). The number of carbonyl (C=O) groups is 1. The highest BCUT2D eigenvalue weighted by molar-refractivity contribution is 9.10. The minimum Gasteiger partial charge on any atom is -0.319 e. The minimum atomic E-state index is -0.746. The quantitative estimate of drug-likeness (QED) is 0.642. The molecule has 20 heavy (non-hydrogen) atoms. The summed E-state index contributed by atoms with van der Waals surface area (Å²) >= 11 is 11.9. The molecule has 0 aromatic heterocycles. The van der Waals surface area contributed by atoms with Gasteiger partial charge in [-0.15, -0.1) is 0 Å². The van der Waals surface area contributed by atoms with E-state index in [1.165, 1.54) is 6.07 Å². The van der Waals surface area contributed by atoms with Crippen molar-refractivity contribution in [3.05, 3.63) is 61.5 Å². The molecule has 2 aromatic carbocycles. The van der Waals surface area contributed by atoms with Crippen molar-refractivity contribution in [1.82, 2.24) is 0 Å². The highest BCUT2D eigenvalue weighted by Gasteiger charge is 2.15. The van der Waals surface area contributed by atoms with E-state index in [1.54, 1.807) is 12.1 Å². The number of benzene rings is 2. The van der Waals surface area contributed by atoms with Crippen LogP contribution in [0.1, 0.15) is 10.4 Å². The summed E-state index contributed by atoms with van der Waals surface area (Å²) < 4.78 is 27.5. The van der Waals surface area contributed by atoms with Crippen molar-refractivity contribution in [1.29, 1.82) is 0 Å². The molecule has 2 rings (SSSR count). The second-order valence-electron chi connectivity index (χ2n) is 3.82. The molecule has 0 aliphatic heterocycles. The molecule has 0 atom stereocenters. The molecule has 0 radical (unpaired) electrons. The lowest BCUT2D eigenvalue weighted by molar-refractivity contribution is 0.102. The van der Waals surface area contributed by atoms with Gasteiger partial charge in [0.25, 0.3) is 5.91 Å². The van der Waals surface area contributed by atoms with Crippen LogP contribution in [0.2, 0.25) is 5.02 Å². The maximum Gasteiger partial charge on any atom is 0.256 e. The predicted molar refractivity (Wildman–Crippen MR) is 81.2 cm³/mol. The predicted octanol–water partition coefficient (Wildman–Crippen LogP) is 5.40. The molecular weight excluding hydrogens is 419 g/mol. The van der Waals surface area contributed by atoms with Crippen LogP contribution in [0.5, 0.6) is 0 Å². The fraction of sp³-hybridized carbons (Fsp3) is 0. The van der Waals surface area contributed by atoms with Gasteiger partial charge in [-0.25, -0.2) is 8.78 Å². The van der Waals surface area contributed by atoms with Crippen molar-refractivity contribution < 1.29 is 13.6 Å². The normalized spacial score (nSPS) is 10.4. The van der Waals surface area contributed by atoms with Crippen LogP contribution in [-0.2, 0) is 0 Å². The van der Waals surface area contributed by atoms with Gasteiger partial charge in [-0.3, -0.25) is 4.79 Å². The Labute approximate surface area is 135 Å². The Morgan fingerprint density at radius 3 is 2.45 bits per heavy atom. The summed E-state index contributed by atoms with van der Waals surface area (Å²) in [6.07, 6.45) is 0. The zero-order valence-electron chi connectivity index (χ0n) is 9.68. The Morgan fingerprint density at radius 2 is 1.75 bits per heavy atom. The van der Waals surface area contributed by atoms with Gasteiger partial charge >= 0.3 is 0 Å². The van der Waals surface area contributed by atoms with E-state index in [0.29, 0.717) is 9.50 Å². The number of halogens is 5. The van der Waals surface area contributed by atoms with Crippen LogP contribution < -0.4 is 5.32 Å². The highest BCUT2D eigenvalue weighted by atomic mass is 79.9. The SMILES string of the molecule is O=C(Nc1cc(F)c(Br)cc1F)c1cc(Cl)ccc1Br. The first-order valence-corrected chi connectivity index (χ1v) is 7.26. The van der Waals surface area contributed by atoms with Crippen LogP contribution in [0.25, 0.3) is 0 Å². The lowest BCUT2D eigenvalue weighted by atomic mass is 10.2. The first kappa shape index (κ1) is 15.4. The van der Waals surface area contributed by atoms with Crippen molar-refractivity contribution in [3.63, 3.8) is 0 Å². The van der Waals surface area contributed by atoms with Crippen LogP contribution in [0.3, 0.4) is 0 Å². The Hall–Kier alpha value is -0.980. The zero-order valence-corrected chi connectivity index (χ0v) is 13.6. The molecule has 0 saturated heterocycles. The summed E-state index contributed by atoms with van der Waals surface area (Å²) in [5.74, 6) is -2.02. The van der Waals surface area contributed by atoms with E-state index >= 15 is 0 Å². The Morgan fingerprint density at radius 1 is 1.05 bits per heavy atom. The molecule has 2 aromatic rings. The number of nitrogens with one attached hydrogen (secondary N) is 1. The lowest BCUT2D eigenvalue weighted by Gasteiger charge is -2.09. The van der Waals surface area contributed by atoms with Gasteiger partial charge in [-0.05, 0) is 56.1 Å². The third-order valence-electron chi connectivity index (χ3n) is 2.43. The lowest BCUT2D eigenvalue weighted by Crippen LogP contribution is -2.14. The monoisotopic (exact) mass is 423 g/mol. The van der Waals surface area contributed by atoms with E-state index in [-0.39, 0.29) is 15.7 Å². The minimum absolute atomic E-state index is 0.0167. The van der Waals surface area contributed by atoms with Gasteiger partial charge in [0.05, 0.1) is 15.7 Å². The largest absolute Gasteiger partial charge is 0.319 e. The average molecular weight is 425 g/mol. The van der Waals surface area contributed by atoms with E-state index in [2.05, 4.69) is 37.2 Å². The Balaban J connectivity index is 2.32. The first-order valence-electron chi connectivity index (χ1n) is 5.29. The highest BCUT2D eigenvalue weighted by Crippen LogP contribution is 2.26. The Kier molecular flexibility index (Phi) is 4.78. The third kappa shape index (κ3) is 3.37. The number of amides is 1. The van der Waals surface area contributed by atoms with Gasteiger partial charge in [0.15, 0.2) is 0 Å². The summed E-state index contributed by atoms with van der Waals surface area (Å²) in [5.41, 5.74) is -0.0252. The van der Waals surface area contributed by atoms with Crippen molar-refractivity contribution >= 4 is 55.1 Å². The summed E-state index contributed by atoms with van der Waals surface area (Å²) in [5, 5.41) is 2.66. The van der Waals surface area contributed by atoms with Crippen molar-refractivity contribution in [2.75, 3.05) is 5.32 Å². The molecular formula is C13H6Br2ClF2NO. The van der Waals surface area contributed by atoms with Gasteiger partial charge in [0.1, 0.15) is 11.6 Å². The number of hydrogen-bond donors (Lipinski definition) is 1. The molecule has 7 heteroatoms. The number of anilines is 1. The van der Waals surface area contributed by atoms with Crippen molar-refractivity contribution in [3.8, 4) is 0 Å². The third-order valence-corrected chi connectivity index (χ3v) is 3.97. The second kappa shape index (κ2) is 6.20. The smallest absolute Gasteiger partial charge is 0.256 e. The van der Waals surface area contributed by atoms with Gasteiger partial charge in [-0.1, -0.05) is 11.6 Å². The maximum atomic E-state index is 13.6. The molecule has 0 heterocycles. The molecule has 0 saturated carbocycles. The molecule has 0 bridgehead atoms. The van der Waals surface area contributed by atoms with E-state index in [9.17, 15) is 13.6 Å². The van der Waals surface area contributed by atoms with E-state index in [1.807, 2.05) is 0 Å². The molecule has 0 fully saturated rings. The number of carbonyl (C=O) groups excluding carboxylic acids is 1. The zero-order chi connectivity index (χ0) is 14.9. The van der Waals surface area contributed by atoms with Crippen LogP contribution in [0.4, 0.5) is 14.5 Å². The van der Waals surface area contributed by atoms with Crippen LogP contribution in [0, 0.1) is 11.6 Å². The Bertz CT molecular complexity index is 694. The molecule has 1 N–H and O–H groups in total. The number of rotatable bonds is 2. The second-order valence-corrected chi connectivity index (χ2v) is 5.97. The van der Waals surface area contributed by atoms with Gasteiger partial charge in [-0.2, -0.15) is 0 Å². The van der Waals surface area contributed by atoms with E-state index in [0.717, 1.165) is 12.1 Å². The molecule has 0 unspecified atom stereocenters. The summed E-state index contributed by atoms with van der Waals surface area (Å²) in [6.45, 7) is 0. The van der Waals surface area contributed by atoms with Crippen molar-refractivity contribution in [2.24, 2.45) is 0 Å². The van der Waals surface area contributed by atoms with E-state index < -0.39 is 17.5 Å². The molecule has 104 valence electrons. The van der Waals surface area contributed by atoms with Gasteiger partial charge in [0, 0.05) is 15.6 Å². The molecule has 1 amide bonds. The maximum absolute atomic E-state index is 13.6. The van der Waals surface area contributed by atoms with Crippen molar-refractivity contribution in [2.45, 2.75) is 0 Å². The van der Waals surface area contributed by atoms with E-state index in [4.69, 9.17) is 11.6 Å². The number of hydrogen-bond acceptors (Lipinski definition) is 1. The summed E-state index contributed by atoms with van der Waals surface area (Å²) in [4.78, 5) is 12.0. The average Bonchev–Trinajstić information content (AvgIpc) is 2.38. The fourth-order valence-corrected chi connectivity index (χ4v) is 2.39. The van der Waals surface area contributed by atoms with Crippen LogP contribution in [-0.4, -0.2) is 5.91 Å². The molecule has 0 spiro atoms. The summed E-state index contributed by atoms with van der Waals surface area (Å²) in [6, 6.07) is 6.46. The first-order chi connectivity index (χ1) is 9.38. The van der Waals surface area contributed by atoms with Gasteiger partial charge in [0.2, 0.25) is 0 Å². The topological polar surface area (TPSA) is 29.1 Å². The van der Waals surface area contributed by atoms with Crippen LogP contribution >= 0.6 is 43.5 Å². The molecule has 0 aliphatic carbocycles. The van der Waals surface area contributed by atoms with Crippen LogP contribution in [0.15, 0.2) is 39.3 Å². The molecule has 2 nitrogen and oxygen atoms in total. The van der Waals surface area contributed by atoms with Gasteiger partial charge < -0.3 is 5.32 Å². The fourth-order valence-electron chi connectivity index (χ4n) is 1.48. The summed E-state index contributed by atoms with van der Waals surface area (Å²) in [7, 11) is 0.